The Balaban J connectivity index is 2.71. The first-order valence-corrected chi connectivity index (χ1v) is 6.44. The number of hydrogen-bond donors (Lipinski definition) is 2. The van der Waals surface area contributed by atoms with E-state index in [-0.39, 0.29) is 0 Å². The number of rotatable bonds is 3. The van der Waals surface area contributed by atoms with Crippen LogP contribution in [0.25, 0.3) is 11.1 Å². The van der Waals surface area contributed by atoms with Gasteiger partial charge in [-0.15, -0.1) is 0 Å². The van der Waals surface area contributed by atoms with E-state index in [9.17, 15) is 0 Å². The van der Waals surface area contributed by atoms with Crippen LogP contribution in [0.2, 0.25) is 0 Å². The third kappa shape index (κ3) is 2.06. The fourth-order valence-corrected chi connectivity index (χ4v) is 2.50. The highest BCUT2D eigenvalue weighted by atomic mass is 14.7. The molecule has 0 unspecified atom stereocenters. The van der Waals surface area contributed by atoms with E-state index in [0.717, 1.165) is 18.5 Å². The van der Waals surface area contributed by atoms with Gasteiger partial charge in [-0.1, -0.05) is 44.2 Å². The Bertz CT molecular complexity index is 545. The summed E-state index contributed by atoms with van der Waals surface area (Å²) in [5.41, 5.74) is 18.5. The first kappa shape index (κ1) is 12.5. The lowest BCUT2D eigenvalue weighted by Gasteiger charge is -2.17. The van der Waals surface area contributed by atoms with Gasteiger partial charge in [0.05, 0.1) is 11.4 Å². The quantitative estimate of drug-likeness (QED) is 0.805. The minimum atomic E-state index is 0.683. The van der Waals surface area contributed by atoms with Gasteiger partial charge in [-0.2, -0.15) is 0 Å². The van der Waals surface area contributed by atoms with Crippen LogP contribution in [-0.2, 0) is 12.8 Å². The summed E-state index contributed by atoms with van der Waals surface area (Å²) in [4.78, 5) is 0. The maximum atomic E-state index is 6.09. The fraction of sp³-hybridized carbons (Fsp3) is 0.250. The Morgan fingerprint density at radius 1 is 0.889 bits per heavy atom. The summed E-state index contributed by atoms with van der Waals surface area (Å²) in [6.45, 7) is 4.29. The first-order valence-electron chi connectivity index (χ1n) is 6.44. The smallest absolute Gasteiger partial charge is 0.0583 e. The monoisotopic (exact) mass is 240 g/mol. The van der Waals surface area contributed by atoms with Gasteiger partial charge < -0.3 is 11.5 Å². The van der Waals surface area contributed by atoms with Gasteiger partial charge in [-0.25, -0.2) is 0 Å². The molecule has 0 heterocycles. The van der Waals surface area contributed by atoms with E-state index < -0.39 is 0 Å². The van der Waals surface area contributed by atoms with Gasteiger partial charge in [0.1, 0.15) is 0 Å². The Morgan fingerprint density at radius 3 is 2.06 bits per heavy atom. The van der Waals surface area contributed by atoms with E-state index in [1.807, 2.05) is 24.3 Å². The molecule has 0 bridgehead atoms. The molecule has 4 N–H and O–H groups in total. The molecule has 0 saturated heterocycles. The predicted octanol–water partition coefficient (Wildman–Crippen LogP) is 3.64. The summed E-state index contributed by atoms with van der Waals surface area (Å²) < 4.78 is 0. The molecular weight excluding hydrogens is 220 g/mol. The molecule has 94 valence electrons. The molecule has 0 saturated carbocycles. The van der Waals surface area contributed by atoms with Crippen LogP contribution in [-0.4, -0.2) is 0 Å². The van der Waals surface area contributed by atoms with Crippen LogP contribution < -0.4 is 11.5 Å². The number of benzene rings is 2. The van der Waals surface area contributed by atoms with Crippen molar-refractivity contribution in [2.24, 2.45) is 0 Å². The average Bonchev–Trinajstić information content (AvgIpc) is 2.42. The first-order chi connectivity index (χ1) is 8.69. The maximum Gasteiger partial charge on any atom is 0.0583 e. The molecule has 0 spiro atoms. The molecule has 18 heavy (non-hydrogen) atoms. The zero-order valence-corrected chi connectivity index (χ0v) is 11.0. The van der Waals surface area contributed by atoms with Crippen LogP contribution in [0.5, 0.6) is 0 Å². The van der Waals surface area contributed by atoms with E-state index in [1.165, 1.54) is 22.3 Å². The standard InChI is InChI=1S/C16H20N2/c1-3-12-13(4-2)16(18)15(17)10-14(12)11-8-6-5-7-9-11/h5-10H,3-4,17-18H2,1-2H3. The molecule has 2 aromatic rings. The van der Waals surface area contributed by atoms with Crippen molar-refractivity contribution in [3.63, 3.8) is 0 Å². The van der Waals surface area contributed by atoms with Crippen molar-refractivity contribution in [3.05, 3.63) is 47.5 Å². The Hall–Kier alpha value is -1.96. The van der Waals surface area contributed by atoms with Crippen molar-refractivity contribution in [1.29, 1.82) is 0 Å². The van der Waals surface area contributed by atoms with Crippen molar-refractivity contribution in [2.45, 2.75) is 26.7 Å². The van der Waals surface area contributed by atoms with E-state index >= 15 is 0 Å². The second-order valence-electron chi connectivity index (χ2n) is 4.46. The molecule has 0 aromatic heterocycles. The highest BCUT2D eigenvalue weighted by Gasteiger charge is 2.13. The van der Waals surface area contributed by atoms with E-state index in [2.05, 4.69) is 26.0 Å². The Kier molecular flexibility index (Phi) is 3.56. The van der Waals surface area contributed by atoms with E-state index in [1.54, 1.807) is 0 Å². The van der Waals surface area contributed by atoms with Crippen LogP contribution in [0.3, 0.4) is 0 Å². The molecule has 0 radical (unpaired) electrons. The molecule has 2 heteroatoms. The Morgan fingerprint density at radius 2 is 1.50 bits per heavy atom. The third-order valence-electron chi connectivity index (χ3n) is 3.42. The van der Waals surface area contributed by atoms with Crippen LogP contribution in [0, 0.1) is 0 Å². The minimum Gasteiger partial charge on any atom is -0.397 e. The molecule has 2 nitrogen and oxygen atoms in total. The summed E-state index contributed by atoms with van der Waals surface area (Å²) in [6.07, 6.45) is 1.89. The van der Waals surface area contributed by atoms with Gasteiger partial charge in [0, 0.05) is 0 Å². The third-order valence-corrected chi connectivity index (χ3v) is 3.42. The van der Waals surface area contributed by atoms with Crippen LogP contribution in [0.1, 0.15) is 25.0 Å². The number of anilines is 2. The van der Waals surface area contributed by atoms with Gasteiger partial charge in [-0.3, -0.25) is 0 Å². The summed E-state index contributed by atoms with van der Waals surface area (Å²) in [5, 5.41) is 0. The SMILES string of the molecule is CCc1c(-c2ccccc2)cc(N)c(N)c1CC. The molecule has 0 amide bonds. The molecule has 0 atom stereocenters. The summed E-state index contributed by atoms with van der Waals surface area (Å²) >= 11 is 0. The molecule has 0 aliphatic heterocycles. The molecule has 0 aliphatic rings. The minimum absolute atomic E-state index is 0.683. The number of nitrogen functional groups attached to an aromatic ring is 2. The van der Waals surface area contributed by atoms with Crippen molar-refractivity contribution in [1.82, 2.24) is 0 Å². The van der Waals surface area contributed by atoms with E-state index in [4.69, 9.17) is 11.5 Å². The fourth-order valence-electron chi connectivity index (χ4n) is 2.50. The summed E-state index contributed by atoms with van der Waals surface area (Å²) in [5.74, 6) is 0. The molecular formula is C16H20N2. The van der Waals surface area contributed by atoms with Gasteiger partial charge in [-0.05, 0) is 41.2 Å². The van der Waals surface area contributed by atoms with Crippen molar-refractivity contribution < 1.29 is 0 Å². The van der Waals surface area contributed by atoms with Gasteiger partial charge in [0.25, 0.3) is 0 Å². The van der Waals surface area contributed by atoms with Crippen molar-refractivity contribution >= 4 is 11.4 Å². The topological polar surface area (TPSA) is 52.0 Å². The average molecular weight is 240 g/mol. The molecule has 0 aliphatic carbocycles. The lowest BCUT2D eigenvalue weighted by molar-refractivity contribution is 1.04. The summed E-state index contributed by atoms with van der Waals surface area (Å²) in [7, 11) is 0. The lowest BCUT2D eigenvalue weighted by Crippen LogP contribution is -2.05. The largest absolute Gasteiger partial charge is 0.397 e. The van der Waals surface area contributed by atoms with E-state index in [0.29, 0.717) is 5.69 Å². The molecule has 2 rings (SSSR count). The van der Waals surface area contributed by atoms with Gasteiger partial charge in [0.2, 0.25) is 0 Å². The van der Waals surface area contributed by atoms with Gasteiger partial charge in [0.15, 0.2) is 0 Å². The van der Waals surface area contributed by atoms with Crippen LogP contribution in [0.15, 0.2) is 36.4 Å². The van der Waals surface area contributed by atoms with Crippen LogP contribution in [0.4, 0.5) is 11.4 Å². The van der Waals surface area contributed by atoms with Gasteiger partial charge >= 0.3 is 0 Å². The van der Waals surface area contributed by atoms with Crippen LogP contribution >= 0.6 is 0 Å². The number of nitrogens with two attached hydrogens (primary N) is 2. The lowest BCUT2D eigenvalue weighted by atomic mass is 9.90. The Labute approximate surface area is 109 Å². The predicted molar refractivity (Wildman–Crippen MR) is 79.5 cm³/mol. The molecule has 2 aromatic carbocycles. The highest BCUT2D eigenvalue weighted by molar-refractivity contribution is 5.81. The number of hydrogen-bond acceptors (Lipinski definition) is 2. The zero-order valence-electron chi connectivity index (χ0n) is 11.0. The summed E-state index contributed by atoms with van der Waals surface area (Å²) in [6, 6.07) is 12.4. The van der Waals surface area contributed by atoms with Crippen molar-refractivity contribution in [3.8, 4) is 11.1 Å². The highest BCUT2D eigenvalue weighted by Crippen LogP contribution is 2.34. The van der Waals surface area contributed by atoms with Crippen molar-refractivity contribution in [2.75, 3.05) is 11.5 Å². The zero-order chi connectivity index (χ0) is 13.1. The second kappa shape index (κ2) is 5.13. The maximum absolute atomic E-state index is 6.09. The normalized spacial score (nSPS) is 10.6. The second-order valence-corrected chi connectivity index (χ2v) is 4.46. The molecule has 0 fully saturated rings.